The number of methoxy groups -OCH3 is 1. The van der Waals surface area contributed by atoms with Crippen LogP contribution >= 0.6 is 0 Å². The lowest BCUT2D eigenvalue weighted by Crippen LogP contribution is -2.35. The molecule has 1 fully saturated rings. The van der Waals surface area contributed by atoms with Crippen molar-refractivity contribution in [2.75, 3.05) is 13.7 Å². The molecule has 1 aliphatic rings. The minimum atomic E-state index is -0.284. The molecule has 114 valence electrons. The van der Waals surface area contributed by atoms with Crippen molar-refractivity contribution in [3.63, 3.8) is 0 Å². The number of carbonyl (C=O) groups is 2. The van der Waals surface area contributed by atoms with E-state index in [2.05, 4.69) is 10.1 Å². The zero-order valence-corrected chi connectivity index (χ0v) is 12.6. The Morgan fingerprint density at radius 1 is 1.14 bits per heavy atom. The maximum absolute atomic E-state index is 12.3. The molecule has 0 heterocycles. The maximum Gasteiger partial charge on any atom is 0.305 e. The highest BCUT2D eigenvalue weighted by Crippen LogP contribution is 2.48. The van der Waals surface area contributed by atoms with Crippen LogP contribution in [0.4, 0.5) is 0 Å². The highest BCUT2D eigenvalue weighted by molar-refractivity contribution is 5.91. The van der Waals surface area contributed by atoms with Gasteiger partial charge in [0, 0.05) is 13.0 Å². The molecule has 1 N–H and O–H groups in total. The zero-order valence-electron chi connectivity index (χ0n) is 12.6. The van der Waals surface area contributed by atoms with Crippen molar-refractivity contribution in [2.45, 2.75) is 43.9 Å². The summed E-state index contributed by atoms with van der Waals surface area (Å²) in [5.41, 5.74) is 0.834. The minimum absolute atomic E-state index is 0.140. The van der Waals surface area contributed by atoms with E-state index in [1.165, 1.54) is 7.11 Å². The standard InChI is InChI=1S/C17H23NO3/c1-21-15(19)10-6-3-7-13-18-16(20)17(11-12-17)14-8-4-2-5-9-14/h2,4-5,8-9H,3,6-7,10-13H2,1H3,(H,18,20). The SMILES string of the molecule is COC(=O)CCCCCNC(=O)C1(c2ccccc2)CC1. The van der Waals surface area contributed by atoms with Gasteiger partial charge < -0.3 is 10.1 Å². The monoisotopic (exact) mass is 289 g/mol. The molecule has 1 amide bonds. The van der Waals surface area contributed by atoms with Crippen LogP contribution in [0.5, 0.6) is 0 Å². The van der Waals surface area contributed by atoms with Crippen molar-refractivity contribution in [1.29, 1.82) is 0 Å². The van der Waals surface area contributed by atoms with Crippen LogP contribution < -0.4 is 5.32 Å². The molecule has 1 aromatic carbocycles. The minimum Gasteiger partial charge on any atom is -0.469 e. The normalized spacial score (nSPS) is 15.3. The molecule has 21 heavy (non-hydrogen) atoms. The third kappa shape index (κ3) is 4.06. The summed E-state index contributed by atoms with van der Waals surface area (Å²) >= 11 is 0. The van der Waals surface area contributed by atoms with Gasteiger partial charge in [0.05, 0.1) is 12.5 Å². The van der Waals surface area contributed by atoms with Gasteiger partial charge in [-0.15, -0.1) is 0 Å². The zero-order chi connectivity index (χ0) is 15.1. The Morgan fingerprint density at radius 3 is 2.48 bits per heavy atom. The third-order valence-corrected chi connectivity index (χ3v) is 4.08. The first kappa shape index (κ1) is 15.5. The molecule has 0 spiro atoms. The topological polar surface area (TPSA) is 55.4 Å². The largest absolute Gasteiger partial charge is 0.469 e. The number of ether oxygens (including phenoxy) is 1. The lowest BCUT2D eigenvalue weighted by atomic mass is 9.95. The Hall–Kier alpha value is -1.84. The maximum atomic E-state index is 12.3. The first-order chi connectivity index (χ1) is 10.2. The van der Waals surface area contributed by atoms with Crippen LogP contribution in [0.1, 0.15) is 44.1 Å². The van der Waals surface area contributed by atoms with Crippen molar-refractivity contribution in [1.82, 2.24) is 5.32 Å². The second-order valence-corrected chi connectivity index (χ2v) is 5.59. The molecular weight excluding hydrogens is 266 g/mol. The van der Waals surface area contributed by atoms with E-state index in [9.17, 15) is 9.59 Å². The number of nitrogens with one attached hydrogen (secondary N) is 1. The summed E-state index contributed by atoms with van der Waals surface area (Å²) in [4.78, 5) is 23.3. The molecular formula is C17H23NO3. The average molecular weight is 289 g/mol. The predicted molar refractivity (Wildman–Crippen MR) is 80.8 cm³/mol. The Morgan fingerprint density at radius 2 is 1.86 bits per heavy atom. The van der Waals surface area contributed by atoms with Gasteiger partial charge in [0.15, 0.2) is 0 Å². The van der Waals surface area contributed by atoms with Crippen molar-refractivity contribution in [2.24, 2.45) is 0 Å². The van der Waals surface area contributed by atoms with Crippen molar-refractivity contribution < 1.29 is 14.3 Å². The number of amides is 1. The fraction of sp³-hybridized carbons (Fsp3) is 0.529. The van der Waals surface area contributed by atoms with Gasteiger partial charge in [0.1, 0.15) is 0 Å². The van der Waals surface area contributed by atoms with Gasteiger partial charge >= 0.3 is 5.97 Å². The molecule has 4 nitrogen and oxygen atoms in total. The first-order valence-corrected chi connectivity index (χ1v) is 7.60. The van der Waals surface area contributed by atoms with Gasteiger partial charge in [-0.05, 0) is 31.2 Å². The number of benzene rings is 1. The summed E-state index contributed by atoms with van der Waals surface area (Å²) < 4.78 is 4.59. The molecule has 0 atom stereocenters. The Labute approximate surface area is 125 Å². The summed E-state index contributed by atoms with van der Waals surface area (Å²) in [6, 6.07) is 10.00. The number of esters is 1. The Kier molecular flexibility index (Phi) is 5.37. The van der Waals surface area contributed by atoms with Crippen molar-refractivity contribution >= 4 is 11.9 Å². The summed E-state index contributed by atoms with van der Waals surface area (Å²) in [6.07, 6.45) is 4.96. The average Bonchev–Trinajstić information content (AvgIpc) is 3.33. The van der Waals surface area contributed by atoms with E-state index in [-0.39, 0.29) is 17.3 Å². The van der Waals surface area contributed by atoms with Crippen LogP contribution in [0.15, 0.2) is 30.3 Å². The molecule has 4 heteroatoms. The second kappa shape index (κ2) is 7.25. The highest BCUT2D eigenvalue weighted by atomic mass is 16.5. The quantitative estimate of drug-likeness (QED) is 0.591. The van der Waals surface area contributed by atoms with Crippen LogP contribution in [0, 0.1) is 0 Å². The van der Waals surface area contributed by atoms with Crippen LogP contribution in [0.2, 0.25) is 0 Å². The fourth-order valence-corrected chi connectivity index (χ4v) is 2.57. The number of unbranched alkanes of at least 4 members (excludes halogenated alkanes) is 2. The van der Waals surface area contributed by atoms with Crippen LogP contribution in [-0.4, -0.2) is 25.5 Å². The molecule has 1 aliphatic carbocycles. The smallest absolute Gasteiger partial charge is 0.305 e. The van der Waals surface area contributed by atoms with Gasteiger partial charge in [-0.25, -0.2) is 0 Å². The van der Waals surface area contributed by atoms with Gasteiger partial charge in [-0.3, -0.25) is 9.59 Å². The van der Waals surface area contributed by atoms with E-state index >= 15 is 0 Å². The molecule has 0 bridgehead atoms. The molecule has 0 aliphatic heterocycles. The van der Waals surface area contributed by atoms with Gasteiger partial charge in [-0.2, -0.15) is 0 Å². The first-order valence-electron chi connectivity index (χ1n) is 7.60. The van der Waals surface area contributed by atoms with Gasteiger partial charge in [0.2, 0.25) is 5.91 Å². The lowest BCUT2D eigenvalue weighted by Gasteiger charge is -2.15. The molecule has 1 aromatic rings. The van der Waals surface area contributed by atoms with Gasteiger partial charge in [0.25, 0.3) is 0 Å². The predicted octanol–water partition coefficient (Wildman–Crippen LogP) is 2.57. The van der Waals surface area contributed by atoms with Gasteiger partial charge in [-0.1, -0.05) is 36.8 Å². The van der Waals surface area contributed by atoms with E-state index in [1.54, 1.807) is 0 Å². The molecule has 2 rings (SSSR count). The molecule has 1 saturated carbocycles. The number of hydrogen-bond donors (Lipinski definition) is 1. The van der Waals surface area contributed by atoms with Crippen molar-refractivity contribution in [3.05, 3.63) is 35.9 Å². The lowest BCUT2D eigenvalue weighted by molar-refractivity contribution is -0.140. The van der Waals surface area contributed by atoms with E-state index in [1.807, 2.05) is 30.3 Å². The number of carbonyl (C=O) groups excluding carboxylic acids is 2. The van der Waals surface area contributed by atoms with E-state index in [0.717, 1.165) is 37.7 Å². The van der Waals surface area contributed by atoms with E-state index in [4.69, 9.17) is 0 Å². The third-order valence-electron chi connectivity index (χ3n) is 4.08. The summed E-state index contributed by atoms with van der Waals surface area (Å²) in [6.45, 7) is 0.675. The van der Waals surface area contributed by atoms with Crippen LogP contribution in [-0.2, 0) is 19.7 Å². The summed E-state index contributed by atoms with van der Waals surface area (Å²) in [5, 5.41) is 3.03. The Bertz CT molecular complexity index is 480. The van der Waals surface area contributed by atoms with Crippen molar-refractivity contribution in [3.8, 4) is 0 Å². The highest BCUT2D eigenvalue weighted by Gasteiger charge is 2.50. The number of rotatable bonds is 8. The molecule has 0 unspecified atom stereocenters. The second-order valence-electron chi connectivity index (χ2n) is 5.59. The molecule has 0 radical (unpaired) electrons. The van der Waals surface area contributed by atoms with E-state index < -0.39 is 0 Å². The van der Waals surface area contributed by atoms with Crippen LogP contribution in [0.25, 0.3) is 0 Å². The molecule has 0 aromatic heterocycles. The van der Waals surface area contributed by atoms with E-state index in [0.29, 0.717) is 13.0 Å². The number of hydrogen-bond acceptors (Lipinski definition) is 3. The van der Waals surface area contributed by atoms with Crippen LogP contribution in [0.3, 0.4) is 0 Å². The Balaban J connectivity index is 1.68. The molecule has 0 saturated heterocycles. The fourth-order valence-electron chi connectivity index (χ4n) is 2.57. The summed E-state index contributed by atoms with van der Waals surface area (Å²) in [5.74, 6) is -0.0262. The summed E-state index contributed by atoms with van der Waals surface area (Å²) in [7, 11) is 1.40.